The maximum absolute atomic E-state index is 5.84. The third-order valence-corrected chi connectivity index (χ3v) is 4.10. The summed E-state index contributed by atoms with van der Waals surface area (Å²) in [5.74, 6) is 2.23. The fourth-order valence-corrected chi connectivity index (χ4v) is 3.19. The third kappa shape index (κ3) is 4.69. The lowest BCUT2D eigenvalue weighted by atomic mass is 10.1. The van der Waals surface area contributed by atoms with Crippen molar-refractivity contribution >= 4 is 17.6 Å². The molecule has 0 aliphatic carbocycles. The molecule has 0 aromatic carbocycles. The molecule has 0 bridgehead atoms. The minimum Gasteiger partial charge on any atom is -0.356 e. The quantitative estimate of drug-likeness (QED) is 0.834. The van der Waals surface area contributed by atoms with Gasteiger partial charge in [0.15, 0.2) is 0 Å². The van der Waals surface area contributed by atoms with Gasteiger partial charge < -0.3 is 10.6 Å². The summed E-state index contributed by atoms with van der Waals surface area (Å²) in [5, 5.41) is 0. The van der Waals surface area contributed by atoms with E-state index in [0.29, 0.717) is 6.04 Å². The highest BCUT2D eigenvalue weighted by atomic mass is 32.2. The Morgan fingerprint density at radius 3 is 2.63 bits per heavy atom. The molecule has 2 N–H and O–H groups in total. The number of rotatable bonds is 7. The highest BCUT2D eigenvalue weighted by Crippen LogP contribution is 2.21. The highest BCUT2D eigenvalue weighted by Gasteiger charge is 2.16. The lowest BCUT2D eigenvalue weighted by Crippen LogP contribution is -2.34. The van der Waals surface area contributed by atoms with Crippen LogP contribution in [0.15, 0.2) is 12.3 Å². The molecule has 0 radical (unpaired) electrons. The molecule has 0 saturated carbocycles. The van der Waals surface area contributed by atoms with Crippen LogP contribution in [0, 0.1) is 6.92 Å². The Morgan fingerprint density at radius 1 is 1.47 bits per heavy atom. The SMILES string of the molecule is CCC(CSC)N(C)c1ncc(CC(C)N)cc1C. The number of aryl methyl sites for hydroxylation is 1. The molecule has 0 aliphatic rings. The van der Waals surface area contributed by atoms with E-state index in [-0.39, 0.29) is 6.04 Å². The lowest BCUT2D eigenvalue weighted by molar-refractivity contribution is 0.663. The van der Waals surface area contributed by atoms with E-state index in [9.17, 15) is 0 Å². The van der Waals surface area contributed by atoms with Crippen molar-refractivity contribution in [3.63, 3.8) is 0 Å². The fourth-order valence-electron chi connectivity index (χ4n) is 2.35. The van der Waals surface area contributed by atoms with Crippen LogP contribution in [0.1, 0.15) is 31.4 Å². The second-order valence-corrected chi connectivity index (χ2v) is 6.20. The third-order valence-electron chi connectivity index (χ3n) is 3.38. The summed E-state index contributed by atoms with van der Waals surface area (Å²) in [5.41, 5.74) is 8.30. The summed E-state index contributed by atoms with van der Waals surface area (Å²) in [6.45, 7) is 6.40. The van der Waals surface area contributed by atoms with E-state index < -0.39 is 0 Å². The van der Waals surface area contributed by atoms with Crippen LogP contribution in [-0.2, 0) is 6.42 Å². The zero-order valence-electron chi connectivity index (χ0n) is 12.8. The molecular weight excluding hydrogens is 254 g/mol. The van der Waals surface area contributed by atoms with Gasteiger partial charge in [0.05, 0.1) is 0 Å². The molecule has 1 aromatic heterocycles. The zero-order chi connectivity index (χ0) is 14.4. The van der Waals surface area contributed by atoms with Gasteiger partial charge in [-0.1, -0.05) is 13.0 Å². The first-order valence-electron chi connectivity index (χ1n) is 6.92. The molecular formula is C15H27N3S. The van der Waals surface area contributed by atoms with Crippen molar-refractivity contribution < 1.29 is 0 Å². The Bertz CT molecular complexity index is 393. The van der Waals surface area contributed by atoms with E-state index in [0.717, 1.165) is 24.4 Å². The molecule has 0 saturated heterocycles. The van der Waals surface area contributed by atoms with Crippen LogP contribution in [0.2, 0.25) is 0 Å². The molecule has 0 spiro atoms. The van der Waals surface area contributed by atoms with Gasteiger partial charge in [0.1, 0.15) is 5.82 Å². The van der Waals surface area contributed by atoms with Gasteiger partial charge in [-0.2, -0.15) is 11.8 Å². The van der Waals surface area contributed by atoms with Gasteiger partial charge in [0.25, 0.3) is 0 Å². The van der Waals surface area contributed by atoms with E-state index in [4.69, 9.17) is 5.73 Å². The number of hydrogen-bond acceptors (Lipinski definition) is 4. The maximum Gasteiger partial charge on any atom is 0.131 e. The van der Waals surface area contributed by atoms with Gasteiger partial charge in [-0.3, -0.25) is 0 Å². The van der Waals surface area contributed by atoms with Crippen molar-refractivity contribution in [2.75, 3.05) is 24.0 Å². The van der Waals surface area contributed by atoms with Crippen LogP contribution >= 0.6 is 11.8 Å². The predicted octanol–water partition coefficient (Wildman–Crippen LogP) is 2.86. The van der Waals surface area contributed by atoms with Crippen LogP contribution in [-0.4, -0.2) is 36.1 Å². The molecule has 4 heteroatoms. The Balaban J connectivity index is 2.88. The van der Waals surface area contributed by atoms with E-state index in [1.54, 1.807) is 0 Å². The number of pyridine rings is 1. The van der Waals surface area contributed by atoms with Crippen molar-refractivity contribution in [1.82, 2.24) is 4.98 Å². The first-order valence-corrected chi connectivity index (χ1v) is 8.31. The van der Waals surface area contributed by atoms with Crippen molar-refractivity contribution in [1.29, 1.82) is 0 Å². The molecule has 0 amide bonds. The van der Waals surface area contributed by atoms with Gasteiger partial charge in [-0.05, 0) is 44.1 Å². The second-order valence-electron chi connectivity index (χ2n) is 5.29. The average molecular weight is 281 g/mol. The summed E-state index contributed by atoms with van der Waals surface area (Å²) >= 11 is 1.89. The predicted molar refractivity (Wildman–Crippen MR) is 87.2 cm³/mol. The Hall–Kier alpha value is -0.740. The Kier molecular flexibility index (Phi) is 6.66. The molecule has 0 fully saturated rings. The topological polar surface area (TPSA) is 42.2 Å². The lowest BCUT2D eigenvalue weighted by Gasteiger charge is -2.29. The van der Waals surface area contributed by atoms with Crippen molar-refractivity contribution in [2.24, 2.45) is 5.73 Å². The summed E-state index contributed by atoms with van der Waals surface area (Å²) in [7, 11) is 2.14. The van der Waals surface area contributed by atoms with E-state index >= 15 is 0 Å². The Labute approximate surface area is 122 Å². The van der Waals surface area contributed by atoms with Crippen LogP contribution in [0.5, 0.6) is 0 Å². The molecule has 1 heterocycles. The van der Waals surface area contributed by atoms with Crippen LogP contribution in [0.25, 0.3) is 0 Å². The van der Waals surface area contributed by atoms with Gasteiger partial charge in [0, 0.05) is 31.1 Å². The molecule has 3 nitrogen and oxygen atoms in total. The van der Waals surface area contributed by atoms with Crippen LogP contribution < -0.4 is 10.6 Å². The van der Waals surface area contributed by atoms with Gasteiger partial charge in [0.2, 0.25) is 0 Å². The van der Waals surface area contributed by atoms with Gasteiger partial charge in [-0.25, -0.2) is 4.98 Å². The monoisotopic (exact) mass is 281 g/mol. The summed E-state index contributed by atoms with van der Waals surface area (Å²) in [6.07, 6.45) is 6.15. The first-order chi connectivity index (χ1) is 8.99. The van der Waals surface area contributed by atoms with Gasteiger partial charge in [-0.15, -0.1) is 0 Å². The molecule has 19 heavy (non-hydrogen) atoms. The molecule has 2 unspecified atom stereocenters. The van der Waals surface area contributed by atoms with Crippen LogP contribution in [0.3, 0.4) is 0 Å². The highest BCUT2D eigenvalue weighted by molar-refractivity contribution is 7.98. The van der Waals surface area contributed by atoms with E-state index in [2.05, 4.69) is 43.1 Å². The van der Waals surface area contributed by atoms with Crippen molar-refractivity contribution in [2.45, 2.75) is 45.7 Å². The summed E-state index contributed by atoms with van der Waals surface area (Å²) in [6, 6.07) is 2.94. The fraction of sp³-hybridized carbons (Fsp3) is 0.667. The van der Waals surface area contributed by atoms with E-state index in [1.807, 2.05) is 24.9 Å². The zero-order valence-corrected chi connectivity index (χ0v) is 13.6. The summed E-state index contributed by atoms with van der Waals surface area (Å²) < 4.78 is 0. The minimum atomic E-state index is 0.185. The largest absolute Gasteiger partial charge is 0.356 e. The normalized spacial score (nSPS) is 14.2. The molecule has 108 valence electrons. The number of aromatic nitrogens is 1. The second kappa shape index (κ2) is 7.75. The molecule has 0 aliphatic heterocycles. The van der Waals surface area contributed by atoms with Crippen molar-refractivity contribution in [3.05, 3.63) is 23.4 Å². The van der Waals surface area contributed by atoms with Crippen molar-refractivity contribution in [3.8, 4) is 0 Å². The van der Waals surface area contributed by atoms with E-state index in [1.165, 1.54) is 11.1 Å². The molecule has 1 aromatic rings. The molecule has 1 rings (SSSR count). The van der Waals surface area contributed by atoms with Crippen LogP contribution in [0.4, 0.5) is 5.82 Å². The maximum atomic E-state index is 5.84. The number of nitrogens with zero attached hydrogens (tertiary/aromatic N) is 2. The standard InChI is InChI=1S/C15H27N3S/c1-6-14(10-19-5)18(4)15-11(2)7-13(9-17-15)8-12(3)16/h7,9,12,14H,6,8,10,16H2,1-5H3. The molecule has 2 atom stereocenters. The first kappa shape index (κ1) is 16.3. The average Bonchev–Trinajstić information content (AvgIpc) is 2.34. The number of hydrogen-bond donors (Lipinski definition) is 1. The minimum absolute atomic E-state index is 0.185. The Morgan fingerprint density at radius 2 is 2.16 bits per heavy atom. The summed E-state index contributed by atoms with van der Waals surface area (Å²) in [4.78, 5) is 6.95. The number of anilines is 1. The number of thioether (sulfide) groups is 1. The number of nitrogens with two attached hydrogens (primary N) is 1. The smallest absolute Gasteiger partial charge is 0.131 e. The van der Waals surface area contributed by atoms with Gasteiger partial charge >= 0.3 is 0 Å².